The smallest absolute Gasteiger partial charge is 0.245 e. The minimum Gasteiger partial charge on any atom is -0.354 e. The summed E-state index contributed by atoms with van der Waals surface area (Å²) in [4.78, 5) is 82.6. The van der Waals surface area contributed by atoms with E-state index in [1.165, 1.54) is 16.8 Å². The molecule has 0 aromatic rings. The second-order valence-corrected chi connectivity index (χ2v) is 12.2. The van der Waals surface area contributed by atoms with Crippen molar-refractivity contribution in [3.05, 3.63) is 0 Å². The number of rotatable bonds is 5. The Labute approximate surface area is 244 Å². The summed E-state index contributed by atoms with van der Waals surface area (Å²) in [5.74, 6) is -3.00. The minimum absolute atomic E-state index is 0.0231. The van der Waals surface area contributed by atoms with Gasteiger partial charge in [-0.2, -0.15) is 0 Å². The maximum atomic E-state index is 13.7. The van der Waals surface area contributed by atoms with Crippen LogP contribution >= 0.6 is 0 Å². The van der Waals surface area contributed by atoms with Crippen LogP contribution in [0.15, 0.2) is 0 Å². The van der Waals surface area contributed by atoms with Crippen molar-refractivity contribution in [3.8, 4) is 0 Å². The summed E-state index contributed by atoms with van der Waals surface area (Å²) in [5, 5.41) is 11.2. The fourth-order valence-corrected chi connectivity index (χ4v) is 5.20. The average Bonchev–Trinajstić information content (AvgIpc) is 3.41. The van der Waals surface area contributed by atoms with Crippen molar-refractivity contribution in [3.63, 3.8) is 0 Å². The number of nitrogens with zero attached hydrogens (tertiary/aromatic N) is 2. The molecule has 0 spiro atoms. The first-order chi connectivity index (χ1) is 19.2. The van der Waals surface area contributed by atoms with E-state index in [0.29, 0.717) is 32.2 Å². The summed E-state index contributed by atoms with van der Waals surface area (Å²) < 4.78 is 0. The number of amides is 6. The van der Waals surface area contributed by atoms with Crippen LogP contribution in [0.1, 0.15) is 80.6 Å². The van der Waals surface area contributed by atoms with Crippen LogP contribution < -0.4 is 21.3 Å². The summed E-state index contributed by atoms with van der Waals surface area (Å²) in [6, 6.07) is -4.32. The third-order valence-electron chi connectivity index (χ3n) is 8.16. The summed E-state index contributed by atoms with van der Waals surface area (Å²) in [5.41, 5.74) is 0. The highest BCUT2D eigenvalue weighted by atomic mass is 16.2. The Hall–Kier alpha value is -3.18. The van der Waals surface area contributed by atoms with Crippen LogP contribution in [0, 0.1) is 17.8 Å². The predicted molar refractivity (Wildman–Crippen MR) is 154 cm³/mol. The van der Waals surface area contributed by atoms with E-state index in [9.17, 15) is 28.8 Å². The molecule has 2 rings (SSSR count). The second kappa shape index (κ2) is 15.2. The Morgan fingerprint density at radius 1 is 0.854 bits per heavy atom. The predicted octanol–water partition coefficient (Wildman–Crippen LogP) is 0.547. The molecule has 12 heteroatoms. The highest BCUT2D eigenvalue weighted by molar-refractivity contribution is 5.97. The van der Waals surface area contributed by atoms with Crippen molar-refractivity contribution in [1.82, 2.24) is 31.1 Å². The van der Waals surface area contributed by atoms with Gasteiger partial charge in [-0.05, 0) is 43.9 Å². The van der Waals surface area contributed by atoms with Crippen LogP contribution in [0.4, 0.5) is 0 Å². The molecule has 2 aliphatic rings. The molecule has 0 saturated carbocycles. The zero-order valence-corrected chi connectivity index (χ0v) is 25.9. The monoisotopic (exact) mass is 578 g/mol. The van der Waals surface area contributed by atoms with E-state index in [0.717, 1.165) is 0 Å². The maximum absolute atomic E-state index is 13.7. The standard InChI is InChI=1S/C29H50N6O6/c1-9-18(6)24-27(39)32-23(17(4)5)29(41)34(8)19(7)25(37)30-13-12-22(36)31-20(15-16(2)3)28(40)35-14-10-11-21(35)26(38)33-24/h16-21,23-24H,9-15H2,1-8H3,(H,30,37)(H,31,36)(H,32,39)(H,33,38)/t18-,19-,20+,21-,23?,24-/m0/s1. The maximum Gasteiger partial charge on any atom is 0.245 e. The number of carbonyl (C=O) groups excluding carboxylic acids is 6. The van der Waals surface area contributed by atoms with Gasteiger partial charge in [0.2, 0.25) is 35.4 Å². The highest BCUT2D eigenvalue weighted by Gasteiger charge is 2.40. The summed E-state index contributed by atoms with van der Waals surface area (Å²) in [6.45, 7) is 13.2. The number of fused-ring (bicyclic) bond motifs is 1. The Balaban J connectivity index is 2.48. The van der Waals surface area contributed by atoms with Crippen LogP contribution in [0.2, 0.25) is 0 Å². The number of carbonyl (C=O) groups is 6. The van der Waals surface area contributed by atoms with Crippen molar-refractivity contribution in [1.29, 1.82) is 0 Å². The van der Waals surface area contributed by atoms with E-state index in [4.69, 9.17) is 0 Å². The molecule has 6 amide bonds. The fourth-order valence-electron chi connectivity index (χ4n) is 5.20. The first-order valence-electron chi connectivity index (χ1n) is 14.9. The van der Waals surface area contributed by atoms with Crippen LogP contribution in [0.25, 0.3) is 0 Å². The number of hydrogen-bond donors (Lipinski definition) is 4. The molecule has 0 aliphatic carbocycles. The minimum atomic E-state index is -0.932. The molecule has 2 heterocycles. The van der Waals surface area contributed by atoms with E-state index in [-0.39, 0.29) is 36.6 Å². The SMILES string of the molecule is CC[C@H](C)[C@@H]1NC(=O)[C@@H]2CCCN2C(=O)[C@@H](CC(C)C)NC(=O)CCNC(=O)[C@H](C)N(C)C(=O)C(C(C)C)NC1=O. The van der Waals surface area contributed by atoms with Crippen molar-refractivity contribution in [2.45, 2.75) is 111 Å². The van der Waals surface area contributed by atoms with Gasteiger partial charge in [-0.25, -0.2) is 0 Å². The van der Waals surface area contributed by atoms with Gasteiger partial charge in [0, 0.05) is 26.6 Å². The zero-order chi connectivity index (χ0) is 31.0. The molecule has 0 bridgehead atoms. The van der Waals surface area contributed by atoms with Gasteiger partial charge >= 0.3 is 0 Å². The van der Waals surface area contributed by atoms with E-state index >= 15 is 0 Å². The normalized spacial score (nSPS) is 28.8. The van der Waals surface area contributed by atoms with Crippen molar-refractivity contribution in [2.75, 3.05) is 20.1 Å². The van der Waals surface area contributed by atoms with Gasteiger partial charge < -0.3 is 31.1 Å². The molecule has 2 fully saturated rings. The van der Waals surface area contributed by atoms with Crippen LogP contribution in [0.5, 0.6) is 0 Å². The fraction of sp³-hybridized carbons (Fsp3) is 0.793. The van der Waals surface area contributed by atoms with Crippen LogP contribution in [0.3, 0.4) is 0 Å². The molecule has 12 nitrogen and oxygen atoms in total. The van der Waals surface area contributed by atoms with Gasteiger partial charge in [0.15, 0.2) is 0 Å². The number of hydrogen-bond acceptors (Lipinski definition) is 6. The largest absolute Gasteiger partial charge is 0.354 e. The Bertz CT molecular complexity index is 985. The topological polar surface area (TPSA) is 157 Å². The molecule has 4 N–H and O–H groups in total. The lowest BCUT2D eigenvalue weighted by atomic mass is 9.95. The molecule has 0 radical (unpaired) electrons. The second-order valence-electron chi connectivity index (χ2n) is 12.2. The van der Waals surface area contributed by atoms with E-state index in [1.807, 2.05) is 27.7 Å². The first-order valence-corrected chi connectivity index (χ1v) is 14.9. The molecule has 6 atom stereocenters. The van der Waals surface area contributed by atoms with Crippen molar-refractivity contribution in [2.24, 2.45) is 17.8 Å². The van der Waals surface area contributed by atoms with Gasteiger partial charge in [-0.3, -0.25) is 28.8 Å². The molecule has 0 aromatic carbocycles. The third kappa shape index (κ3) is 8.90. The summed E-state index contributed by atoms with van der Waals surface area (Å²) >= 11 is 0. The van der Waals surface area contributed by atoms with Gasteiger partial charge in [0.1, 0.15) is 30.2 Å². The lowest BCUT2D eigenvalue weighted by molar-refractivity contribution is -0.143. The lowest BCUT2D eigenvalue weighted by Crippen LogP contribution is -2.60. The Kier molecular flexibility index (Phi) is 12.6. The van der Waals surface area contributed by atoms with Crippen molar-refractivity contribution < 1.29 is 28.8 Å². The highest BCUT2D eigenvalue weighted by Crippen LogP contribution is 2.22. The van der Waals surface area contributed by atoms with Crippen LogP contribution in [-0.4, -0.2) is 95.6 Å². The number of likely N-dealkylation sites (N-methyl/N-ethyl adjacent to an activating group) is 1. The Morgan fingerprint density at radius 2 is 1.49 bits per heavy atom. The zero-order valence-electron chi connectivity index (χ0n) is 25.9. The Morgan fingerprint density at radius 3 is 2.07 bits per heavy atom. The van der Waals surface area contributed by atoms with Gasteiger partial charge in [-0.1, -0.05) is 48.0 Å². The average molecular weight is 579 g/mol. The van der Waals surface area contributed by atoms with E-state index in [2.05, 4.69) is 21.3 Å². The van der Waals surface area contributed by atoms with E-state index in [1.54, 1.807) is 20.8 Å². The lowest BCUT2D eigenvalue weighted by Gasteiger charge is -2.33. The molecular formula is C29H50N6O6. The van der Waals surface area contributed by atoms with E-state index < -0.39 is 59.7 Å². The quantitative estimate of drug-likeness (QED) is 0.373. The molecule has 41 heavy (non-hydrogen) atoms. The molecule has 2 saturated heterocycles. The first kappa shape index (κ1) is 34.0. The molecule has 2 aliphatic heterocycles. The summed E-state index contributed by atoms with van der Waals surface area (Å²) in [6.07, 6.45) is 1.98. The van der Waals surface area contributed by atoms with Crippen molar-refractivity contribution >= 4 is 35.4 Å². The number of nitrogens with one attached hydrogen (secondary N) is 4. The van der Waals surface area contributed by atoms with Gasteiger partial charge in [0.05, 0.1) is 0 Å². The molecular weight excluding hydrogens is 528 g/mol. The van der Waals surface area contributed by atoms with Gasteiger partial charge in [-0.15, -0.1) is 0 Å². The van der Waals surface area contributed by atoms with Gasteiger partial charge in [0.25, 0.3) is 0 Å². The summed E-state index contributed by atoms with van der Waals surface area (Å²) in [7, 11) is 1.49. The third-order valence-corrected chi connectivity index (χ3v) is 8.16. The molecule has 0 aromatic heterocycles. The molecule has 1 unspecified atom stereocenters. The molecule has 232 valence electrons. The van der Waals surface area contributed by atoms with Crippen LogP contribution in [-0.2, 0) is 28.8 Å².